The zero-order valence-electron chi connectivity index (χ0n) is 12.7. The van der Waals surface area contributed by atoms with Crippen molar-refractivity contribution in [2.75, 3.05) is 5.75 Å². The molecule has 22 heavy (non-hydrogen) atoms. The Morgan fingerprint density at radius 2 is 2.27 bits per heavy atom. The third-order valence-corrected chi connectivity index (χ3v) is 7.86. The van der Waals surface area contributed by atoms with Crippen molar-refractivity contribution >= 4 is 44.6 Å². The first-order chi connectivity index (χ1) is 10.6. The Kier molecular flexibility index (Phi) is 4.90. The average molecular weight is 353 g/mol. The molecule has 3 rings (SSSR count). The van der Waals surface area contributed by atoms with E-state index in [-0.39, 0.29) is 11.8 Å². The van der Waals surface area contributed by atoms with Gasteiger partial charge in [-0.3, -0.25) is 4.21 Å². The molecule has 0 fully saturated rings. The van der Waals surface area contributed by atoms with Gasteiger partial charge in [0.15, 0.2) is 0 Å². The molecule has 0 aromatic carbocycles. The molecule has 1 aromatic heterocycles. The van der Waals surface area contributed by atoms with Gasteiger partial charge in [-0.05, 0) is 23.8 Å². The number of allylic oxidation sites excluding steroid dienone is 2. The summed E-state index contributed by atoms with van der Waals surface area (Å²) in [6.07, 6.45) is 4.20. The van der Waals surface area contributed by atoms with E-state index in [2.05, 4.69) is 31.4 Å². The van der Waals surface area contributed by atoms with E-state index in [9.17, 15) is 4.21 Å². The molecule has 0 amide bonds. The van der Waals surface area contributed by atoms with E-state index in [1.54, 1.807) is 11.3 Å². The van der Waals surface area contributed by atoms with Crippen molar-refractivity contribution in [1.29, 1.82) is 0 Å². The molecule has 3 atom stereocenters. The molecule has 0 saturated carbocycles. The highest BCUT2D eigenvalue weighted by atomic mass is 32.2. The number of hydrogen-bond acceptors (Lipinski definition) is 5. The van der Waals surface area contributed by atoms with Gasteiger partial charge in [-0.15, -0.1) is 11.3 Å². The predicted molar refractivity (Wildman–Crippen MR) is 99.1 cm³/mol. The number of rotatable bonds is 5. The summed E-state index contributed by atoms with van der Waals surface area (Å²) in [7, 11) is -0.989. The van der Waals surface area contributed by atoms with Crippen LogP contribution in [0.5, 0.6) is 0 Å². The third kappa shape index (κ3) is 2.96. The molecule has 2 aliphatic heterocycles. The smallest absolute Gasteiger partial charge is 0.0970 e. The molecule has 3 heterocycles. The van der Waals surface area contributed by atoms with E-state index in [1.807, 2.05) is 6.07 Å². The molecule has 2 N–H and O–H groups in total. The monoisotopic (exact) mass is 352 g/mol. The van der Waals surface area contributed by atoms with Crippen LogP contribution >= 0.6 is 23.1 Å². The maximum absolute atomic E-state index is 12.5. The Morgan fingerprint density at radius 1 is 1.45 bits per heavy atom. The maximum atomic E-state index is 12.5. The van der Waals surface area contributed by atoms with Crippen LogP contribution in [-0.2, 0) is 10.8 Å². The molecule has 1 aromatic rings. The molecule has 2 aliphatic rings. The van der Waals surface area contributed by atoms with Crippen molar-refractivity contribution in [2.24, 2.45) is 22.6 Å². The van der Waals surface area contributed by atoms with Crippen LogP contribution < -0.4 is 5.73 Å². The summed E-state index contributed by atoms with van der Waals surface area (Å²) in [4.78, 5) is 5.97. The first-order valence-electron chi connectivity index (χ1n) is 7.52. The lowest BCUT2D eigenvalue weighted by Gasteiger charge is -2.22. The highest BCUT2D eigenvalue weighted by Crippen LogP contribution is 2.46. The lowest BCUT2D eigenvalue weighted by molar-refractivity contribution is 0.611. The first kappa shape index (κ1) is 16.0. The number of fused-ring (bicyclic) bond motifs is 1. The fourth-order valence-electron chi connectivity index (χ4n) is 2.69. The van der Waals surface area contributed by atoms with Crippen LogP contribution in [0.4, 0.5) is 0 Å². The Morgan fingerprint density at radius 3 is 2.95 bits per heavy atom. The van der Waals surface area contributed by atoms with Crippen LogP contribution in [0, 0.1) is 11.8 Å². The van der Waals surface area contributed by atoms with Gasteiger partial charge in [0.2, 0.25) is 0 Å². The van der Waals surface area contributed by atoms with Crippen LogP contribution in [0.15, 0.2) is 38.5 Å². The van der Waals surface area contributed by atoms with Crippen LogP contribution in [-0.4, -0.2) is 15.0 Å². The number of aliphatic imine (C=N–C) groups is 1. The zero-order valence-corrected chi connectivity index (χ0v) is 15.2. The highest BCUT2D eigenvalue weighted by molar-refractivity contribution is 8.26. The standard InChI is InChI=1S/C16H20N2OS3/c1-3-4-8-22(19)16-14(17)13-10(2)9-11(18-15(13)21-16)12-6-5-7-20-12/h5-7,9-10,13H,3-4,8,17H2,1-2H3. The van der Waals surface area contributed by atoms with Crippen LogP contribution in [0.1, 0.15) is 31.6 Å². The zero-order chi connectivity index (χ0) is 15.7. The van der Waals surface area contributed by atoms with E-state index in [4.69, 9.17) is 10.7 Å². The van der Waals surface area contributed by atoms with Crippen LogP contribution in [0.3, 0.4) is 0 Å². The first-order valence-corrected chi connectivity index (χ1v) is 10.5. The van der Waals surface area contributed by atoms with Gasteiger partial charge in [0, 0.05) is 11.4 Å². The fraction of sp³-hybridized carbons (Fsp3) is 0.438. The van der Waals surface area contributed by atoms with Crippen molar-refractivity contribution in [3.05, 3.63) is 38.4 Å². The number of nitrogens with zero attached hydrogens (tertiary/aromatic N) is 1. The third-order valence-electron chi connectivity index (χ3n) is 3.87. The van der Waals surface area contributed by atoms with E-state index in [1.165, 1.54) is 16.6 Å². The molecular weight excluding hydrogens is 332 g/mol. The Labute approximate surface area is 142 Å². The second-order valence-corrected chi connectivity index (χ2v) is 9.31. The van der Waals surface area contributed by atoms with Gasteiger partial charge < -0.3 is 5.73 Å². The summed E-state index contributed by atoms with van der Waals surface area (Å²) in [5.41, 5.74) is 8.11. The van der Waals surface area contributed by atoms with Crippen molar-refractivity contribution in [1.82, 2.24) is 0 Å². The second kappa shape index (κ2) is 6.72. The molecule has 6 heteroatoms. The number of thioether (sulfide) groups is 1. The normalized spacial score (nSPS) is 25.7. The van der Waals surface area contributed by atoms with E-state index in [0.29, 0.717) is 5.75 Å². The molecule has 0 aliphatic carbocycles. The highest BCUT2D eigenvalue weighted by Gasteiger charge is 2.38. The molecule has 3 unspecified atom stereocenters. The summed E-state index contributed by atoms with van der Waals surface area (Å²) >= 11 is 3.23. The topological polar surface area (TPSA) is 55.5 Å². The molecular formula is C16H20N2OS3. The Bertz CT molecular complexity index is 674. The number of thiophene rings is 1. The summed E-state index contributed by atoms with van der Waals surface area (Å²) in [6, 6.07) is 4.13. The number of hydrogen-bond donors (Lipinski definition) is 1. The predicted octanol–water partition coefficient (Wildman–Crippen LogP) is 4.18. The van der Waals surface area contributed by atoms with E-state index >= 15 is 0 Å². The van der Waals surface area contributed by atoms with Crippen molar-refractivity contribution < 1.29 is 4.21 Å². The van der Waals surface area contributed by atoms with E-state index < -0.39 is 10.8 Å². The minimum absolute atomic E-state index is 0.106. The quantitative estimate of drug-likeness (QED) is 0.865. The second-order valence-electron chi connectivity index (χ2n) is 5.56. The van der Waals surface area contributed by atoms with Crippen LogP contribution in [0.2, 0.25) is 0 Å². The van der Waals surface area contributed by atoms with E-state index in [0.717, 1.165) is 33.5 Å². The maximum Gasteiger partial charge on any atom is 0.0970 e. The molecule has 0 radical (unpaired) electrons. The van der Waals surface area contributed by atoms with Crippen LogP contribution in [0.25, 0.3) is 5.70 Å². The van der Waals surface area contributed by atoms with Gasteiger partial charge in [0.25, 0.3) is 0 Å². The summed E-state index contributed by atoms with van der Waals surface area (Å²) in [5.74, 6) is 1.09. The summed E-state index contributed by atoms with van der Waals surface area (Å²) in [5, 5.41) is 3.07. The Balaban J connectivity index is 1.86. The number of unbranched alkanes of at least 4 members (excludes halogenated alkanes) is 1. The van der Waals surface area contributed by atoms with Gasteiger partial charge >= 0.3 is 0 Å². The summed E-state index contributed by atoms with van der Waals surface area (Å²) in [6.45, 7) is 4.28. The Hall–Kier alpha value is -0.850. The molecule has 0 saturated heterocycles. The summed E-state index contributed by atoms with van der Waals surface area (Å²) < 4.78 is 13.3. The molecule has 3 nitrogen and oxygen atoms in total. The van der Waals surface area contributed by atoms with Gasteiger partial charge in [-0.1, -0.05) is 44.2 Å². The van der Waals surface area contributed by atoms with Gasteiger partial charge in [-0.2, -0.15) is 0 Å². The lowest BCUT2D eigenvalue weighted by Crippen LogP contribution is -2.24. The van der Waals surface area contributed by atoms with Crippen molar-refractivity contribution in [3.63, 3.8) is 0 Å². The molecule has 118 valence electrons. The SMILES string of the molecule is CCCCS(=O)C1=C(N)C2C(=NC(c3cccs3)=CC2C)S1. The molecule has 0 bridgehead atoms. The van der Waals surface area contributed by atoms with Gasteiger partial charge in [0.05, 0.1) is 36.6 Å². The largest absolute Gasteiger partial charge is 0.400 e. The van der Waals surface area contributed by atoms with Gasteiger partial charge in [0.1, 0.15) is 0 Å². The minimum Gasteiger partial charge on any atom is -0.400 e. The lowest BCUT2D eigenvalue weighted by atomic mass is 9.89. The van der Waals surface area contributed by atoms with Gasteiger partial charge in [-0.25, -0.2) is 4.99 Å². The average Bonchev–Trinajstić information content (AvgIpc) is 3.13. The fourth-order valence-corrected chi connectivity index (χ4v) is 6.43. The number of nitrogens with two attached hydrogens (primary N) is 1. The van der Waals surface area contributed by atoms with Crippen molar-refractivity contribution in [3.8, 4) is 0 Å². The van der Waals surface area contributed by atoms with Crippen molar-refractivity contribution in [2.45, 2.75) is 26.7 Å². The molecule has 0 spiro atoms. The minimum atomic E-state index is -0.989.